The van der Waals surface area contributed by atoms with Crippen LogP contribution in [0, 0.1) is 12.7 Å². The molecule has 5 nitrogen and oxygen atoms in total. The van der Waals surface area contributed by atoms with Crippen LogP contribution >= 0.6 is 0 Å². The number of hydrogen-bond acceptors (Lipinski definition) is 4. The minimum atomic E-state index is -0.312. The highest BCUT2D eigenvalue weighted by Crippen LogP contribution is 2.32. The van der Waals surface area contributed by atoms with Gasteiger partial charge in [0.15, 0.2) is 0 Å². The molecule has 0 fully saturated rings. The van der Waals surface area contributed by atoms with Gasteiger partial charge in [-0.1, -0.05) is 18.2 Å². The number of rotatable bonds is 2. The first-order valence-electron chi connectivity index (χ1n) is 9.04. The Morgan fingerprint density at radius 2 is 2.15 bits per heavy atom. The van der Waals surface area contributed by atoms with Crippen molar-refractivity contribution in [3.63, 3.8) is 0 Å². The van der Waals surface area contributed by atoms with Crippen molar-refractivity contribution in [3.8, 4) is 0 Å². The van der Waals surface area contributed by atoms with Crippen LogP contribution in [0.4, 0.5) is 10.1 Å². The van der Waals surface area contributed by atoms with E-state index in [1.807, 2.05) is 42.2 Å². The molecular weight excluding hydrogens is 345 g/mol. The highest BCUT2D eigenvalue weighted by molar-refractivity contribution is 6.01. The van der Waals surface area contributed by atoms with E-state index in [1.165, 1.54) is 0 Å². The molecule has 2 aromatic heterocycles. The zero-order valence-electron chi connectivity index (χ0n) is 14.9. The molecule has 0 atom stereocenters. The van der Waals surface area contributed by atoms with E-state index in [0.717, 1.165) is 35.9 Å². The maximum Gasteiger partial charge on any atom is 0.294 e. The molecule has 1 N–H and O–H groups in total. The summed E-state index contributed by atoms with van der Waals surface area (Å²) in [6.07, 6.45) is 1.80. The van der Waals surface area contributed by atoms with Crippen LogP contribution < -0.4 is 10.5 Å². The third-order valence-corrected chi connectivity index (χ3v) is 5.10. The number of para-hydroxylation sites is 1. The maximum atomic E-state index is 14.6. The average molecular weight is 363 g/mol. The van der Waals surface area contributed by atoms with Crippen molar-refractivity contribution in [1.82, 2.24) is 9.97 Å². The summed E-state index contributed by atoms with van der Waals surface area (Å²) >= 11 is 0. The number of fused-ring (bicyclic) bond motifs is 4. The zero-order valence-corrected chi connectivity index (χ0v) is 14.9. The first-order valence-corrected chi connectivity index (χ1v) is 9.04. The van der Waals surface area contributed by atoms with Gasteiger partial charge < -0.3 is 14.3 Å². The van der Waals surface area contributed by atoms with Gasteiger partial charge in [-0.05, 0) is 49.1 Å². The van der Waals surface area contributed by atoms with Gasteiger partial charge in [-0.3, -0.25) is 4.79 Å². The molecule has 3 heterocycles. The Morgan fingerprint density at radius 1 is 1.30 bits per heavy atom. The molecule has 4 aromatic rings. The van der Waals surface area contributed by atoms with Gasteiger partial charge in [0, 0.05) is 11.9 Å². The molecule has 0 saturated heterocycles. The molecule has 0 bridgehead atoms. The summed E-state index contributed by atoms with van der Waals surface area (Å²) < 4.78 is 20.3. The molecule has 1 aliphatic rings. The predicted molar refractivity (Wildman–Crippen MR) is 103 cm³/mol. The number of nitrogens with one attached hydrogen (secondary N) is 1. The number of hydrogen-bond donors (Lipinski definition) is 1. The van der Waals surface area contributed by atoms with Crippen LogP contribution in [0.15, 0.2) is 45.6 Å². The van der Waals surface area contributed by atoms with E-state index < -0.39 is 0 Å². The molecule has 27 heavy (non-hydrogen) atoms. The first kappa shape index (κ1) is 16.1. The van der Waals surface area contributed by atoms with Gasteiger partial charge >= 0.3 is 0 Å². The monoisotopic (exact) mass is 363 g/mol. The van der Waals surface area contributed by atoms with E-state index in [-0.39, 0.29) is 17.0 Å². The van der Waals surface area contributed by atoms with Gasteiger partial charge in [0.2, 0.25) is 5.58 Å². The first-order chi connectivity index (χ1) is 13.1. The SMILES string of the molecule is Cc1cc(F)c2c(c1)CCCN2Cc1nc2c(oc3ccccc32)c(=O)[nH]1. The minimum Gasteiger partial charge on any atom is -0.449 e. The Hall–Kier alpha value is -3.15. The standard InChI is InChI=1S/C21H18FN3O2/c1-12-9-13-5-4-8-25(19(13)15(22)10-12)11-17-23-18-14-6-2-3-7-16(14)27-20(18)21(26)24-17/h2-3,6-7,9-10H,4-5,8,11H2,1H3,(H,23,24,26). The molecular formula is C21H18FN3O2. The summed E-state index contributed by atoms with van der Waals surface area (Å²) in [5.41, 5.74) is 3.64. The fraction of sp³-hybridized carbons (Fsp3) is 0.238. The Labute approximate surface area is 154 Å². The topological polar surface area (TPSA) is 62.1 Å². The number of aryl methyl sites for hydroxylation is 2. The quantitative estimate of drug-likeness (QED) is 0.583. The molecule has 0 aliphatic carbocycles. The smallest absolute Gasteiger partial charge is 0.294 e. The van der Waals surface area contributed by atoms with Crippen LogP contribution in [0.25, 0.3) is 22.1 Å². The maximum absolute atomic E-state index is 14.6. The second kappa shape index (κ2) is 5.94. The Morgan fingerprint density at radius 3 is 3.04 bits per heavy atom. The number of halogens is 1. The number of aromatic amines is 1. The van der Waals surface area contributed by atoms with Crippen molar-refractivity contribution in [2.45, 2.75) is 26.3 Å². The molecule has 0 saturated carbocycles. The molecule has 136 valence electrons. The number of furan rings is 1. The van der Waals surface area contributed by atoms with E-state index in [4.69, 9.17) is 4.42 Å². The van der Waals surface area contributed by atoms with Crippen LogP contribution in [-0.4, -0.2) is 16.5 Å². The second-order valence-corrected chi connectivity index (χ2v) is 7.07. The number of anilines is 1. The highest BCUT2D eigenvalue weighted by atomic mass is 19.1. The summed E-state index contributed by atoms with van der Waals surface area (Å²) in [5.74, 6) is 0.286. The molecule has 2 aromatic carbocycles. The molecule has 0 spiro atoms. The van der Waals surface area contributed by atoms with Crippen molar-refractivity contribution in [2.75, 3.05) is 11.4 Å². The number of nitrogens with zero attached hydrogens (tertiary/aromatic N) is 2. The summed E-state index contributed by atoms with van der Waals surface area (Å²) in [7, 11) is 0. The molecule has 1 aliphatic heterocycles. The Kier molecular flexibility index (Phi) is 3.53. The average Bonchev–Trinajstić information content (AvgIpc) is 3.01. The number of H-pyrrole nitrogens is 1. The number of benzene rings is 2. The fourth-order valence-electron chi connectivity index (χ4n) is 3.98. The number of aromatic nitrogens is 2. The summed E-state index contributed by atoms with van der Waals surface area (Å²) in [6.45, 7) is 2.97. The predicted octanol–water partition coefficient (Wildman–Crippen LogP) is 4.07. The van der Waals surface area contributed by atoms with Crippen molar-refractivity contribution >= 4 is 27.8 Å². The fourth-order valence-corrected chi connectivity index (χ4v) is 3.98. The van der Waals surface area contributed by atoms with Gasteiger partial charge in [-0.2, -0.15) is 0 Å². The van der Waals surface area contributed by atoms with Crippen molar-refractivity contribution in [1.29, 1.82) is 0 Å². The van der Waals surface area contributed by atoms with E-state index >= 15 is 0 Å². The van der Waals surface area contributed by atoms with E-state index in [0.29, 0.717) is 29.2 Å². The van der Waals surface area contributed by atoms with Gasteiger partial charge in [0.1, 0.15) is 22.7 Å². The van der Waals surface area contributed by atoms with Crippen LogP contribution in [0.3, 0.4) is 0 Å². The Balaban J connectivity index is 1.60. The van der Waals surface area contributed by atoms with E-state index in [2.05, 4.69) is 9.97 Å². The van der Waals surface area contributed by atoms with E-state index in [1.54, 1.807) is 6.07 Å². The minimum absolute atomic E-state index is 0.220. The zero-order chi connectivity index (χ0) is 18.5. The summed E-state index contributed by atoms with van der Waals surface area (Å²) in [4.78, 5) is 21.9. The van der Waals surface area contributed by atoms with Gasteiger partial charge in [-0.15, -0.1) is 0 Å². The molecule has 0 radical (unpaired) electrons. The van der Waals surface area contributed by atoms with Crippen molar-refractivity contribution < 1.29 is 8.81 Å². The molecule has 0 amide bonds. The lowest BCUT2D eigenvalue weighted by Gasteiger charge is -2.31. The third-order valence-electron chi connectivity index (χ3n) is 5.10. The lowest BCUT2D eigenvalue weighted by molar-refractivity contribution is 0.590. The lowest BCUT2D eigenvalue weighted by atomic mass is 9.99. The molecule has 6 heteroatoms. The van der Waals surface area contributed by atoms with Crippen LogP contribution in [0.2, 0.25) is 0 Å². The van der Waals surface area contributed by atoms with Crippen molar-refractivity contribution in [3.05, 3.63) is 69.5 Å². The van der Waals surface area contributed by atoms with Crippen LogP contribution in [-0.2, 0) is 13.0 Å². The van der Waals surface area contributed by atoms with Crippen LogP contribution in [0.1, 0.15) is 23.4 Å². The summed E-state index contributed by atoms with van der Waals surface area (Å²) in [5, 5.41) is 0.806. The van der Waals surface area contributed by atoms with Crippen molar-refractivity contribution in [2.24, 2.45) is 0 Å². The second-order valence-electron chi connectivity index (χ2n) is 7.07. The van der Waals surface area contributed by atoms with Gasteiger partial charge in [-0.25, -0.2) is 9.37 Å². The lowest BCUT2D eigenvalue weighted by Crippen LogP contribution is -2.31. The molecule has 5 rings (SSSR count). The molecule has 0 unspecified atom stereocenters. The van der Waals surface area contributed by atoms with Gasteiger partial charge in [0.25, 0.3) is 5.56 Å². The van der Waals surface area contributed by atoms with Gasteiger partial charge in [0.05, 0.1) is 12.2 Å². The normalized spacial score (nSPS) is 14.1. The summed E-state index contributed by atoms with van der Waals surface area (Å²) in [6, 6.07) is 11.0. The third kappa shape index (κ3) is 2.60. The largest absolute Gasteiger partial charge is 0.449 e. The van der Waals surface area contributed by atoms with Crippen LogP contribution in [0.5, 0.6) is 0 Å². The van der Waals surface area contributed by atoms with E-state index in [9.17, 15) is 9.18 Å². The highest BCUT2D eigenvalue weighted by Gasteiger charge is 2.23. The Bertz CT molecular complexity index is 1240.